The number of benzene rings is 2. The molecule has 3 heterocycles. The summed E-state index contributed by atoms with van der Waals surface area (Å²) in [4.78, 5) is 17.0. The van der Waals surface area contributed by atoms with Crippen molar-refractivity contribution < 1.29 is 14.1 Å². The van der Waals surface area contributed by atoms with E-state index in [0.29, 0.717) is 35.4 Å². The quantitative estimate of drug-likeness (QED) is 0.271. The van der Waals surface area contributed by atoms with Gasteiger partial charge in [0.05, 0.1) is 12.0 Å². The first-order valence-corrected chi connectivity index (χ1v) is 12.4. The van der Waals surface area contributed by atoms with Crippen molar-refractivity contribution in [2.24, 2.45) is 0 Å². The number of pyridine rings is 1. The second-order valence-electron chi connectivity index (χ2n) is 9.20. The number of hydrogen-bond donors (Lipinski definition) is 2. The third-order valence-corrected chi connectivity index (χ3v) is 6.77. The number of anilines is 2. The van der Waals surface area contributed by atoms with E-state index in [1.54, 1.807) is 0 Å². The van der Waals surface area contributed by atoms with E-state index in [-0.39, 0.29) is 5.97 Å². The number of esters is 1. The molecule has 10 heteroatoms. The van der Waals surface area contributed by atoms with Crippen LogP contribution >= 0.6 is 0 Å². The van der Waals surface area contributed by atoms with Crippen molar-refractivity contribution in [2.45, 2.75) is 32.1 Å². The fourth-order valence-electron chi connectivity index (χ4n) is 4.54. The van der Waals surface area contributed by atoms with Crippen LogP contribution in [0.5, 0.6) is 0 Å². The molecule has 6 rings (SSSR count). The van der Waals surface area contributed by atoms with E-state index in [2.05, 4.69) is 48.2 Å². The number of ether oxygens (including phenoxy) is 1. The lowest BCUT2D eigenvalue weighted by molar-refractivity contribution is -0.146. The van der Waals surface area contributed by atoms with Crippen LogP contribution in [0.4, 0.5) is 11.5 Å². The molecule has 1 saturated carbocycles. The Balaban J connectivity index is 1.22. The number of nitrogens with one attached hydrogen (secondary N) is 2. The normalized spacial score (nSPS) is 13.7. The maximum Gasteiger partial charge on any atom is 0.316 e. The number of H-pyrrole nitrogens is 1. The zero-order chi connectivity index (χ0) is 26.1. The Morgan fingerprint density at radius 1 is 1.03 bits per heavy atom. The SMILES string of the molecule is CCOC(=O)C1(c2ccc(-c3ccc(-c4onc(C)c4Nc4cccc(-c5nn[nH]n5)n4)cc3)cc2)CC1. The Bertz CT molecular complexity index is 1570. The Morgan fingerprint density at radius 2 is 1.74 bits per heavy atom. The summed E-state index contributed by atoms with van der Waals surface area (Å²) < 4.78 is 11.0. The summed E-state index contributed by atoms with van der Waals surface area (Å²) >= 11 is 0. The van der Waals surface area contributed by atoms with E-state index in [1.807, 2.05) is 68.4 Å². The summed E-state index contributed by atoms with van der Waals surface area (Å²) in [6.45, 7) is 4.11. The van der Waals surface area contributed by atoms with Crippen LogP contribution in [0, 0.1) is 6.92 Å². The lowest BCUT2D eigenvalue weighted by Gasteiger charge is -2.14. The van der Waals surface area contributed by atoms with Crippen molar-refractivity contribution in [3.05, 3.63) is 78.0 Å². The van der Waals surface area contributed by atoms with Crippen molar-refractivity contribution in [2.75, 3.05) is 11.9 Å². The number of rotatable bonds is 8. The lowest BCUT2D eigenvalue weighted by atomic mass is 9.93. The van der Waals surface area contributed by atoms with Crippen molar-refractivity contribution in [1.29, 1.82) is 0 Å². The minimum absolute atomic E-state index is 0.124. The molecule has 0 radical (unpaired) electrons. The van der Waals surface area contributed by atoms with Gasteiger partial charge in [-0.15, -0.1) is 10.2 Å². The minimum Gasteiger partial charge on any atom is -0.465 e. The number of hydrogen-bond acceptors (Lipinski definition) is 9. The highest BCUT2D eigenvalue weighted by atomic mass is 16.5. The third kappa shape index (κ3) is 4.30. The smallest absolute Gasteiger partial charge is 0.316 e. The van der Waals surface area contributed by atoms with Gasteiger partial charge in [0.1, 0.15) is 22.9 Å². The van der Waals surface area contributed by atoms with Crippen LogP contribution < -0.4 is 5.32 Å². The maximum absolute atomic E-state index is 12.4. The molecule has 0 spiro atoms. The van der Waals surface area contributed by atoms with Crippen LogP contribution in [0.1, 0.15) is 31.0 Å². The Kier molecular flexibility index (Phi) is 5.91. The summed E-state index contributed by atoms with van der Waals surface area (Å²) in [6, 6.07) is 21.8. The number of aromatic amines is 1. The van der Waals surface area contributed by atoms with Crippen molar-refractivity contribution in [3.63, 3.8) is 0 Å². The first-order chi connectivity index (χ1) is 18.6. The van der Waals surface area contributed by atoms with E-state index < -0.39 is 5.41 Å². The molecule has 0 aliphatic heterocycles. The number of carbonyl (C=O) groups excluding carboxylic acids is 1. The summed E-state index contributed by atoms with van der Waals surface area (Å²) in [5.74, 6) is 1.50. The van der Waals surface area contributed by atoms with Crippen LogP contribution in [-0.2, 0) is 14.9 Å². The van der Waals surface area contributed by atoms with Gasteiger partial charge >= 0.3 is 5.97 Å². The number of nitrogens with zero attached hydrogens (tertiary/aromatic N) is 5. The molecule has 38 heavy (non-hydrogen) atoms. The van der Waals surface area contributed by atoms with E-state index in [1.165, 1.54) is 0 Å². The van der Waals surface area contributed by atoms with Crippen molar-refractivity contribution in [3.8, 4) is 34.0 Å². The third-order valence-electron chi connectivity index (χ3n) is 6.77. The number of aryl methyl sites for hydroxylation is 1. The number of aromatic nitrogens is 6. The molecular weight excluding hydrogens is 482 g/mol. The summed E-state index contributed by atoms with van der Waals surface area (Å²) in [5.41, 5.74) is 5.57. The van der Waals surface area contributed by atoms with Crippen LogP contribution in [-0.4, -0.2) is 43.3 Å². The van der Waals surface area contributed by atoms with Gasteiger partial charge in [-0.2, -0.15) is 5.21 Å². The molecule has 0 atom stereocenters. The predicted octanol–water partition coefficient (Wildman–Crippen LogP) is 5.23. The zero-order valence-corrected chi connectivity index (χ0v) is 20.9. The Labute approximate surface area is 218 Å². The number of tetrazole rings is 1. The topological polar surface area (TPSA) is 132 Å². The highest BCUT2D eigenvalue weighted by molar-refractivity contribution is 5.87. The van der Waals surface area contributed by atoms with Gasteiger partial charge in [-0.3, -0.25) is 4.79 Å². The monoisotopic (exact) mass is 507 g/mol. The molecule has 190 valence electrons. The molecule has 1 aliphatic carbocycles. The van der Waals surface area contributed by atoms with Gasteiger partial charge in [0.25, 0.3) is 0 Å². The van der Waals surface area contributed by atoms with E-state index in [9.17, 15) is 4.79 Å². The van der Waals surface area contributed by atoms with Gasteiger partial charge in [-0.25, -0.2) is 4.98 Å². The van der Waals surface area contributed by atoms with Gasteiger partial charge < -0.3 is 14.6 Å². The predicted molar refractivity (Wildman–Crippen MR) is 140 cm³/mol. The molecule has 2 N–H and O–H groups in total. The molecule has 3 aromatic heterocycles. The Morgan fingerprint density at radius 3 is 2.39 bits per heavy atom. The largest absolute Gasteiger partial charge is 0.465 e. The molecule has 1 fully saturated rings. The lowest BCUT2D eigenvalue weighted by Crippen LogP contribution is -2.23. The van der Waals surface area contributed by atoms with Crippen molar-refractivity contribution >= 4 is 17.5 Å². The molecule has 10 nitrogen and oxygen atoms in total. The molecule has 1 aliphatic rings. The van der Waals surface area contributed by atoms with Gasteiger partial charge in [-0.1, -0.05) is 59.8 Å². The molecule has 0 saturated heterocycles. The van der Waals surface area contributed by atoms with Crippen LogP contribution in [0.25, 0.3) is 34.0 Å². The maximum atomic E-state index is 12.4. The average Bonchev–Trinajstić information content (AvgIpc) is 3.42. The molecule has 2 aromatic carbocycles. The van der Waals surface area contributed by atoms with E-state index in [0.717, 1.165) is 40.8 Å². The fourth-order valence-corrected chi connectivity index (χ4v) is 4.54. The second kappa shape index (κ2) is 9.55. The highest BCUT2D eigenvalue weighted by Crippen LogP contribution is 2.49. The second-order valence-corrected chi connectivity index (χ2v) is 9.20. The van der Waals surface area contributed by atoms with Gasteiger partial charge in [0, 0.05) is 5.56 Å². The zero-order valence-electron chi connectivity index (χ0n) is 20.9. The minimum atomic E-state index is -0.466. The van der Waals surface area contributed by atoms with Crippen LogP contribution in [0.15, 0.2) is 71.3 Å². The van der Waals surface area contributed by atoms with E-state index >= 15 is 0 Å². The fraction of sp³-hybridized carbons (Fsp3) is 0.214. The molecule has 0 bridgehead atoms. The van der Waals surface area contributed by atoms with Crippen LogP contribution in [0.3, 0.4) is 0 Å². The summed E-state index contributed by atoms with van der Waals surface area (Å²) in [6.07, 6.45) is 1.67. The molecule has 0 amide bonds. The summed E-state index contributed by atoms with van der Waals surface area (Å²) in [5, 5.41) is 21.5. The molecule has 5 aromatic rings. The van der Waals surface area contributed by atoms with Gasteiger partial charge in [0.2, 0.25) is 5.82 Å². The van der Waals surface area contributed by atoms with Crippen molar-refractivity contribution in [1.82, 2.24) is 30.8 Å². The van der Waals surface area contributed by atoms with Gasteiger partial charge in [-0.05, 0) is 60.7 Å². The Hall–Kier alpha value is -4.86. The standard InChI is InChI=1S/C28H25N7O3/c1-3-37-27(36)28(15-16-28)21-13-11-19(12-14-21)18-7-9-20(10-8-18)25-24(17(2)33-38-25)30-23-6-4-5-22(29-23)26-31-34-35-32-26/h4-14H,3,15-16H2,1-2H3,(H,29,30)(H,31,32,34,35). The summed E-state index contributed by atoms with van der Waals surface area (Å²) in [7, 11) is 0. The average molecular weight is 508 g/mol. The highest BCUT2D eigenvalue weighted by Gasteiger charge is 2.52. The first-order valence-electron chi connectivity index (χ1n) is 12.4. The van der Waals surface area contributed by atoms with E-state index in [4.69, 9.17) is 9.26 Å². The van der Waals surface area contributed by atoms with Crippen LogP contribution in [0.2, 0.25) is 0 Å². The molecular formula is C28H25N7O3. The molecule has 0 unspecified atom stereocenters. The first kappa shape index (κ1) is 23.5. The number of carbonyl (C=O) groups is 1. The van der Waals surface area contributed by atoms with Gasteiger partial charge in [0.15, 0.2) is 5.76 Å².